The van der Waals surface area contributed by atoms with Crippen LogP contribution < -0.4 is 5.32 Å². The molecule has 0 saturated heterocycles. The molecule has 1 N–H and O–H groups in total. The summed E-state index contributed by atoms with van der Waals surface area (Å²) in [5, 5.41) is 4.79. The van der Waals surface area contributed by atoms with Crippen molar-refractivity contribution >= 4 is 21.4 Å². The highest BCUT2D eigenvalue weighted by molar-refractivity contribution is 7.89. The summed E-state index contributed by atoms with van der Waals surface area (Å²) in [6.07, 6.45) is 3.46. The Kier molecular flexibility index (Phi) is 4.59. The molecule has 0 aliphatic heterocycles. The standard InChI is InChI=1S/C12H18N4O2S2/c1-13-8-10-11(4-7-19-10)20(17,18)16(3)9-12-14-5-6-15(12)2/h4-7,13H,8-9H2,1-3H3. The van der Waals surface area contributed by atoms with Gasteiger partial charge in [0.05, 0.1) is 11.4 Å². The molecule has 6 nitrogen and oxygen atoms in total. The van der Waals surface area contributed by atoms with Gasteiger partial charge >= 0.3 is 0 Å². The molecule has 0 amide bonds. The molecule has 0 radical (unpaired) electrons. The van der Waals surface area contributed by atoms with E-state index in [-0.39, 0.29) is 6.54 Å². The first-order chi connectivity index (χ1) is 9.46. The molecule has 2 rings (SSSR count). The first-order valence-electron chi connectivity index (χ1n) is 6.10. The smallest absolute Gasteiger partial charge is 0.244 e. The van der Waals surface area contributed by atoms with Crippen molar-refractivity contribution in [2.45, 2.75) is 18.0 Å². The summed E-state index contributed by atoms with van der Waals surface area (Å²) in [5.74, 6) is 0.710. The Balaban J connectivity index is 2.25. The highest BCUT2D eigenvalue weighted by Crippen LogP contribution is 2.25. The highest BCUT2D eigenvalue weighted by atomic mass is 32.2. The van der Waals surface area contributed by atoms with Gasteiger partial charge in [-0.3, -0.25) is 0 Å². The van der Waals surface area contributed by atoms with E-state index in [4.69, 9.17) is 0 Å². The number of aromatic nitrogens is 2. The molecule has 0 aliphatic carbocycles. The number of hydrogen-bond donors (Lipinski definition) is 1. The van der Waals surface area contributed by atoms with E-state index in [1.165, 1.54) is 15.6 Å². The summed E-state index contributed by atoms with van der Waals surface area (Å²) in [6.45, 7) is 0.795. The van der Waals surface area contributed by atoms with Crippen LogP contribution in [-0.4, -0.2) is 36.4 Å². The lowest BCUT2D eigenvalue weighted by Crippen LogP contribution is -2.28. The minimum Gasteiger partial charge on any atom is -0.337 e. The third-order valence-electron chi connectivity index (χ3n) is 3.02. The van der Waals surface area contributed by atoms with Gasteiger partial charge in [0.2, 0.25) is 10.0 Å². The lowest BCUT2D eigenvalue weighted by atomic mass is 10.5. The number of aryl methyl sites for hydroxylation is 1. The lowest BCUT2D eigenvalue weighted by molar-refractivity contribution is 0.450. The zero-order chi connectivity index (χ0) is 14.8. The van der Waals surface area contributed by atoms with E-state index in [1.54, 1.807) is 37.9 Å². The molecule has 110 valence electrons. The van der Waals surface area contributed by atoms with Crippen molar-refractivity contribution < 1.29 is 8.42 Å². The van der Waals surface area contributed by atoms with Crippen LogP contribution in [0.3, 0.4) is 0 Å². The van der Waals surface area contributed by atoms with Gasteiger partial charge in [-0.2, -0.15) is 4.31 Å². The summed E-state index contributed by atoms with van der Waals surface area (Å²) < 4.78 is 28.3. The zero-order valence-electron chi connectivity index (χ0n) is 11.7. The first-order valence-corrected chi connectivity index (χ1v) is 8.42. The van der Waals surface area contributed by atoms with Crippen molar-refractivity contribution in [1.82, 2.24) is 19.2 Å². The molecule has 2 heterocycles. The average Bonchev–Trinajstić information content (AvgIpc) is 3.00. The maximum Gasteiger partial charge on any atom is 0.244 e. The Hall–Kier alpha value is -1.22. The Labute approximate surface area is 123 Å². The summed E-state index contributed by atoms with van der Waals surface area (Å²) >= 11 is 1.44. The molecule has 0 aliphatic rings. The summed E-state index contributed by atoms with van der Waals surface area (Å²) in [5.41, 5.74) is 0. The van der Waals surface area contributed by atoms with Gasteiger partial charge < -0.3 is 9.88 Å². The van der Waals surface area contributed by atoms with Crippen LogP contribution in [0.25, 0.3) is 0 Å². The van der Waals surface area contributed by atoms with Crippen molar-refractivity contribution in [3.63, 3.8) is 0 Å². The number of sulfonamides is 1. The molecule has 0 spiro atoms. The molecule has 0 bridgehead atoms. The summed E-state index contributed by atoms with van der Waals surface area (Å²) in [6, 6.07) is 1.65. The molecule has 0 atom stereocenters. The van der Waals surface area contributed by atoms with E-state index >= 15 is 0 Å². The predicted molar refractivity (Wildman–Crippen MR) is 78.9 cm³/mol. The van der Waals surface area contributed by atoms with Gasteiger partial charge in [0, 0.05) is 37.9 Å². The molecule has 0 aromatic carbocycles. The van der Waals surface area contributed by atoms with Crippen molar-refractivity contribution in [2.24, 2.45) is 7.05 Å². The third-order valence-corrected chi connectivity index (χ3v) is 5.95. The van der Waals surface area contributed by atoms with Crippen molar-refractivity contribution in [1.29, 1.82) is 0 Å². The van der Waals surface area contributed by atoms with Crippen LogP contribution in [0.5, 0.6) is 0 Å². The van der Waals surface area contributed by atoms with Gasteiger partial charge in [-0.1, -0.05) is 0 Å². The third kappa shape index (κ3) is 2.93. The van der Waals surface area contributed by atoms with Gasteiger partial charge in [0.15, 0.2) is 0 Å². The van der Waals surface area contributed by atoms with Crippen LogP contribution in [0, 0.1) is 0 Å². The van der Waals surface area contributed by atoms with Gasteiger partial charge in [0.1, 0.15) is 5.82 Å². The van der Waals surface area contributed by atoms with E-state index in [2.05, 4.69) is 10.3 Å². The van der Waals surface area contributed by atoms with E-state index in [0.717, 1.165) is 4.88 Å². The molecule has 8 heteroatoms. The second-order valence-corrected chi connectivity index (χ2v) is 7.47. The molecular formula is C12H18N4O2S2. The van der Waals surface area contributed by atoms with Gasteiger partial charge in [-0.25, -0.2) is 13.4 Å². The maximum absolute atomic E-state index is 12.6. The van der Waals surface area contributed by atoms with Gasteiger partial charge in [-0.05, 0) is 18.5 Å². The lowest BCUT2D eigenvalue weighted by Gasteiger charge is -2.17. The summed E-state index contributed by atoms with van der Waals surface area (Å²) in [7, 11) is 1.73. The van der Waals surface area contributed by atoms with Crippen molar-refractivity contribution in [3.8, 4) is 0 Å². The minimum atomic E-state index is -3.49. The molecular weight excluding hydrogens is 296 g/mol. The van der Waals surface area contributed by atoms with Crippen molar-refractivity contribution in [2.75, 3.05) is 14.1 Å². The molecule has 2 aromatic rings. The molecule has 0 unspecified atom stereocenters. The monoisotopic (exact) mass is 314 g/mol. The van der Waals surface area contributed by atoms with E-state index in [1.807, 2.05) is 11.6 Å². The van der Waals surface area contributed by atoms with Gasteiger partial charge in [-0.15, -0.1) is 11.3 Å². The second-order valence-electron chi connectivity index (χ2n) is 4.45. The van der Waals surface area contributed by atoms with Crippen LogP contribution in [0.15, 0.2) is 28.7 Å². The largest absolute Gasteiger partial charge is 0.337 e. The van der Waals surface area contributed by atoms with Crippen molar-refractivity contribution in [3.05, 3.63) is 34.5 Å². The predicted octanol–water partition coefficient (Wildman–Crippen LogP) is 1.02. The van der Waals surface area contributed by atoms with Crippen LogP contribution in [-0.2, 0) is 30.2 Å². The molecule has 20 heavy (non-hydrogen) atoms. The number of imidazole rings is 1. The Bertz CT molecular complexity index is 675. The number of nitrogens with one attached hydrogen (secondary N) is 1. The normalized spacial score (nSPS) is 12.2. The number of rotatable bonds is 6. The van der Waals surface area contributed by atoms with E-state index < -0.39 is 10.0 Å². The fourth-order valence-electron chi connectivity index (χ4n) is 1.85. The first kappa shape index (κ1) is 15.2. The fourth-order valence-corrected chi connectivity index (χ4v) is 4.40. The van der Waals surface area contributed by atoms with Crippen LogP contribution >= 0.6 is 11.3 Å². The zero-order valence-corrected chi connectivity index (χ0v) is 13.3. The van der Waals surface area contributed by atoms with E-state index in [0.29, 0.717) is 17.3 Å². The SMILES string of the molecule is CNCc1sccc1S(=O)(=O)N(C)Cc1nccn1C. The van der Waals surface area contributed by atoms with E-state index in [9.17, 15) is 8.42 Å². The number of thiophene rings is 1. The van der Waals surface area contributed by atoms with Gasteiger partial charge in [0.25, 0.3) is 0 Å². The Morgan fingerprint density at radius 1 is 1.50 bits per heavy atom. The molecule has 0 fully saturated rings. The average molecular weight is 314 g/mol. The number of nitrogens with zero attached hydrogens (tertiary/aromatic N) is 3. The quantitative estimate of drug-likeness (QED) is 0.864. The topological polar surface area (TPSA) is 67.2 Å². The summed E-state index contributed by atoms with van der Waals surface area (Å²) in [4.78, 5) is 5.34. The fraction of sp³-hybridized carbons (Fsp3) is 0.417. The molecule has 2 aromatic heterocycles. The minimum absolute atomic E-state index is 0.251. The number of hydrogen-bond acceptors (Lipinski definition) is 5. The van der Waals surface area contributed by atoms with Crippen LogP contribution in [0.1, 0.15) is 10.7 Å². The van der Waals surface area contributed by atoms with Crippen LogP contribution in [0.4, 0.5) is 0 Å². The second kappa shape index (κ2) is 6.04. The maximum atomic E-state index is 12.6. The molecule has 0 saturated carbocycles. The van der Waals surface area contributed by atoms with Crippen LogP contribution in [0.2, 0.25) is 0 Å². The Morgan fingerprint density at radius 3 is 2.85 bits per heavy atom. The Morgan fingerprint density at radius 2 is 2.25 bits per heavy atom. The highest BCUT2D eigenvalue weighted by Gasteiger charge is 2.25.